The first-order chi connectivity index (χ1) is 16.5. The molecule has 3 heteroatoms. The topological polar surface area (TPSA) is 27.6 Å². The van der Waals surface area contributed by atoms with Crippen LogP contribution in [0.4, 0.5) is 11.4 Å². The summed E-state index contributed by atoms with van der Waals surface area (Å²) in [6.07, 6.45) is 0. The minimum atomic E-state index is -0.159. The van der Waals surface area contributed by atoms with Crippen molar-refractivity contribution in [3.63, 3.8) is 0 Å². The zero-order chi connectivity index (χ0) is 23.5. The maximum Gasteiger partial charge on any atom is 0.0882 e. The van der Waals surface area contributed by atoms with Gasteiger partial charge in [-0.2, -0.15) is 5.10 Å². The number of para-hydroxylation sites is 1. The molecule has 4 aromatic rings. The average molecular weight is 446 g/mol. The maximum atomic E-state index is 5.21. The van der Waals surface area contributed by atoms with E-state index in [0.29, 0.717) is 0 Å². The molecule has 0 aliphatic carbocycles. The Kier molecular flexibility index (Phi) is 5.93. The van der Waals surface area contributed by atoms with Gasteiger partial charge in [0.05, 0.1) is 17.4 Å². The molecule has 3 nitrogen and oxygen atoms in total. The highest BCUT2D eigenvalue weighted by Gasteiger charge is 2.45. The van der Waals surface area contributed by atoms with Crippen LogP contribution >= 0.6 is 0 Å². The quantitative estimate of drug-likeness (QED) is 0.331. The summed E-state index contributed by atoms with van der Waals surface area (Å²) in [6.45, 7) is 7.53. The van der Waals surface area contributed by atoms with Gasteiger partial charge >= 0.3 is 0 Å². The number of hydrogen-bond acceptors (Lipinski definition) is 3. The average Bonchev–Trinajstić information content (AvgIpc) is 3.15. The van der Waals surface area contributed by atoms with Crippen molar-refractivity contribution in [2.75, 3.05) is 10.3 Å². The van der Waals surface area contributed by atoms with E-state index in [2.05, 4.69) is 140 Å². The molecule has 0 aromatic heterocycles. The monoisotopic (exact) mass is 445 g/mol. The minimum Gasteiger partial charge on any atom is -0.381 e. The summed E-state index contributed by atoms with van der Waals surface area (Å²) in [5.74, 6) is 0. The number of aryl methyl sites for hydroxylation is 1. The van der Waals surface area contributed by atoms with E-state index in [0.717, 1.165) is 17.9 Å². The molecular weight excluding hydrogens is 414 g/mol. The zero-order valence-electron chi connectivity index (χ0n) is 20.1. The van der Waals surface area contributed by atoms with Crippen LogP contribution in [0.3, 0.4) is 0 Å². The van der Waals surface area contributed by atoms with Gasteiger partial charge in [0.1, 0.15) is 0 Å². The fourth-order valence-corrected chi connectivity index (χ4v) is 4.89. The van der Waals surface area contributed by atoms with E-state index in [1.807, 2.05) is 0 Å². The summed E-state index contributed by atoms with van der Waals surface area (Å²) < 4.78 is 0. The third kappa shape index (κ3) is 4.22. The molecule has 4 aromatic carbocycles. The summed E-state index contributed by atoms with van der Waals surface area (Å²) >= 11 is 0. The van der Waals surface area contributed by atoms with Gasteiger partial charge in [-0.3, -0.25) is 5.01 Å². The molecule has 0 bridgehead atoms. The number of hydrogen-bond donors (Lipinski definition) is 1. The van der Waals surface area contributed by atoms with Crippen LogP contribution in [0.25, 0.3) is 0 Å². The van der Waals surface area contributed by atoms with Crippen molar-refractivity contribution in [3.8, 4) is 0 Å². The Morgan fingerprint density at radius 2 is 1.38 bits per heavy atom. The van der Waals surface area contributed by atoms with Gasteiger partial charge < -0.3 is 5.32 Å². The largest absolute Gasteiger partial charge is 0.381 e. The Bertz CT molecular complexity index is 1280. The predicted octanol–water partition coefficient (Wildman–Crippen LogP) is 7.60. The number of rotatable bonds is 6. The van der Waals surface area contributed by atoms with Crippen molar-refractivity contribution in [3.05, 3.63) is 131 Å². The second-order valence-electron chi connectivity index (χ2n) is 9.53. The third-order valence-electron chi connectivity index (χ3n) is 6.74. The summed E-state index contributed by atoms with van der Waals surface area (Å²) in [7, 11) is 0. The lowest BCUT2D eigenvalue weighted by molar-refractivity contribution is 0.425. The molecule has 0 spiro atoms. The molecule has 0 fully saturated rings. The van der Waals surface area contributed by atoms with E-state index in [1.165, 1.54) is 27.9 Å². The summed E-state index contributed by atoms with van der Waals surface area (Å²) in [5.41, 5.74) is 8.19. The number of hydrazone groups is 1. The van der Waals surface area contributed by atoms with Gasteiger partial charge in [-0.25, -0.2) is 0 Å². The molecule has 1 N–H and O–H groups in total. The number of benzene rings is 4. The fraction of sp³-hybridized carbons (Fsp3) is 0.194. The molecule has 0 unspecified atom stereocenters. The Morgan fingerprint density at radius 1 is 0.765 bits per heavy atom. The van der Waals surface area contributed by atoms with Crippen LogP contribution in [0, 0.1) is 12.3 Å². The predicted molar refractivity (Wildman–Crippen MR) is 143 cm³/mol. The van der Waals surface area contributed by atoms with Crippen LogP contribution in [-0.2, 0) is 6.54 Å². The highest BCUT2D eigenvalue weighted by Crippen LogP contribution is 2.48. The molecule has 1 aliphatic heterocycles. The molecule has 0 radical (unpaired) electrons. The van der Waals surface area contributed by atoms with Crippen molar-refractivity contribution in [2.24, 2.45) is 10.5 Å². The van der Waals surface area contributed by atoms with Gasteiger partial charge in [0, 0.05) is 17.6 Å². The van der Waals surface area contributed by atoms with Crippen molar-refractivity contribution in [2.45, 2.75) is 33.4 Å². The van der Waals surface area contributed by atoms with Crippen molar-refractivity contribution in [1.29, 1.82) is 0 Å². The lowest BCUT2D eigenvalue weighted by atomic mass is 9.75. The van der Waals surface area contributed by atoms with Gasteiger partial charge in [-0.05, 0) is 47.4 Å². The lowest BCUT2D eigenvalue weighted by Crippen LogP contribution is -2.32. The first kappa shape index (κ1) is 22.0. The molecule has 1 heterocycles. The van der Waals surface area contributed by atoms with Gasteiger partial charge in [0.25, 0.3) is 0 Å². The SMILES string of the molecule is Cc1ccccc1NCc1ccc(N2N=C(c3ccccc3)C(C)(C)[C@@H]2c2ccccc2)cc1. The van der Waals surface area contributed by atoms with E-state index < -0.39 is 0 Å². The number of nitrogens with one attached hydrogen (secondary N) is 1. The molecule has 0 amide bonds. The van der Waals surface area contributed by atoms with Gasteiger partial charge in [-0.1, -0.05) is 105 Å². The smallest absolute Gasteiger partial charge is 0.0882 e. The van der Waals surface area contributed by atoms with Crippen molar-refractivity contribution < 1.29 is 0 Å². The second-order valence-corrected chi connectivity index (χ2v) is 9.53. The van der Waals surface area contributed by atoms with Crippen LogP contribution in [0.5, 0.6) is 0 Å². The standard InChI is InChI=1S/C31H31N3/c1-23-12-10-11-17-28(23)32-22-24-18-20-27(21-19-24)34-30(26-15-8-5-9-16-26)31(2,3)29(33-34)25-13-6-4-7-14-25/h4-21,30,32H,22H2,1-3H3/t30-/m0/s1. The molecule has 1 atom stereocenters. The maximum absolute atomic E-state index is 5.21. The highest BCUT2D eigenvalue weighted by atomic mass is 15.5. The Balaban J connectivity index is 1.46. The molecule has 0 saturated heterocycles. The summed E-state index contributed by atoms with van der Waals surface area (Å²) in [4.78, 5) is 0. The molecule has 1 aliphatic rings. The minimum absolute atomic E-state index is 0.111. The first-order valence-electron chi connectivity index (χ1n) is 11.9. The lowest BCUT2D eigenvalue weighted by Gasteiger charge is -2.33. The third-order valence-corrected chi connectivity index (χ3v) is 6.74. The highest BCUT2D eigenvalue weighted by molar-refractivity contribution is 6.07. The summed E-state index contributed by atoms with van der Waals surface area (Å²) in [6, 6.07) is 38.6. The molecule has 5 rings (SSSR count). The first-order valence-corrected chi connectivity index (χ1v) is 11.9. The Morgan fingerprint density at radius 3 is 2.06 bits per heavy atom. The van der Waals surface area contributed by atoms with E-state index in [1.54, 1.807) is 0 Å². The van der Waals surface area contributed by atoms with Crippen LogP contribution in [0.2, 0.25) is 0 Å². The Labute approximate surface area is 202 Å². The van der Waals surface area contributed by atoms with Crippen LogP contribution in [-0.4, -0.2) is 5.71 Å². The normalized spacial score (nSPS) is 16.9. The molecular formula is C31H31N3. The number of anilines is 2. The summed E-state index contributed by atoms with van der Waals surface area (Å²) in [5, 5.41) is 11.0. The van der Waals surface area contributed by atoms with Crippen molar-refractivity contribution in [1.82, 2.24) is 0 Å². The van der Waals surface area contributed by atoms with Gasteiger partial charge in [0.15, 0.2) is 0 Å². The fourth-order valence-electron chi connectivity index (χ4n) is 4.89. The van der Waals surface area contributed by atoms with Crippen LogP contribution < -0.4 is 10.3 Å². The van der Waals surface area contributed by atoms with Crippen LogP contribution in [0.1, 0.15) is 42.1 Å². The van der Waals surface area contributed by atoms with E-state index in [9.17, 15) is 0 Å². The number of nitrogens with zero attached hydrogens (tertiary/aromatic N) is 2. The van der Waals surface area contributed by atoms with E-state index in [4.69, 9.17) is 5.10 Å². The van der Waals surface area contributed by atoms with Crippen LogP contribution in [0.15, 0.2) is 114 Å². The molecule has 34 heavy (non-hydrogen) atoms. The van der Waals surface area contributed by atoms with E-state index >= 15 is 0 Å². The van der Waals surface area contributed by atoms with E-state index in [-0.39, 0.29) is 11.5 Å². The van der Waals surface area contributed by atoms with Gasteiger partial charge in [0.2, 0.25) is 0 Å². The molecule has 170 valence electrons. The Hall–Kier alpha value is -3.85. The second kappa shape index (κ2) is 9.18. The van der Waals surface area contributed by atoms with Gasteiger partial charge in [-0.15, -0.1) is 0 Å². The zero-order valence-corrected chi connectivity index (χ0v) is 20.1. The van der Waals surface area contributed by atoms with Crippen molar-refractivity contribution >= 4 is 17.1 Å². The molecule has 0 saturated carbocycles.